The highest BCUT2D eigenvalue weighted by Crippen LogP contribution is 2.45. The average Bonchev–Trinajstić information content (AvgIpc) is 2.41. The van der Waals surface area contributed by atoms with Crippen LogP contribution in [0, 0.1) is 12.8 Å². The van der Waals surface area contributed by atoms with Crippen LogP contribution in [0.25, 0.3) is 0 Å². The molecule has 3 unspecified atom stereocenters. The molecule has 3 heteroatoms. The van der Waals surface area contributed by atoms with Gasteiger partial charge in [0.1, 0.15) is 11.4 Å². The Hall–Kier alpha value is -1.35. The van der Waals surface area contributed by atoms with Crippen molar-refractivity contribution in [2.45, 2.75) is 52.1 Å². The minimum absolute atomic E-state index is 0.0961. The highest BCUT2D eigenvalue weighted by molar-refractivity contribution is 5.91. The molecule has 0 aromatic heterocycles. The maximum atomic E-state index is 12.3. The number of ether oxygens (including phenoxy) is 1. The van der Waals surface area contributed by atoms with Gasteiger partial charge in [0.25, 0.3) is 0 Å². The molecule has 0 radical (unpaired) electrons. The normalized spacial score (nSPS) is 27.1. The van der Waals surface area contributed by atoms with Crippen molar-refractivity contribution in [1.82, 2.24) is 0 Å². The minimum atomic E-state index is -1.40. The molecule has 2 rings (SSSR count). The molecule has 0 bridgehead atoms. The maximum Gasteiger partial charge on any atom is 0.169 e. The zero-order valence-corrected chi connectivity index (χ0v) is 13.0. The van der Waals surface area contributed by atoms with E-state index >= 15 is 0 Å². The molecule has 0 aliphatic heterocycles. The molecule has 1 aromatic rings. The van der Waals surface area contributed by atoms with Gasteiger partial charge in [0.15, 0.2) is 5.78 Å². The van der Waals surface area contributed by atoms with Crippen LogP contribution in [0.15, 0.2) is 12.1 Å². The largest absolute Gasteiger partial charge is 0.496 e. The number of ketones is 1. The van der Waals surface area contributed by atoms with Gasteiger partial charge in [0.05, 0.1) is 7.11 Å². The molecule has 1 aliphatic carbocycles. The number of rotatable bonds is 3. The van der Waals surface area contributed by atoms with Crippen LogP contribution in [0.2, 0.25) is 0 Å². The Morgan fingerprint density at radius 1 is 1.50 bits per heavy atom. The van der Waals surface area contributed by atoms with Crippen LogP contribution in [0.1, 0.15) is 56.2 Å². The molecular weight excluding hydrogens is 252 g/mol. The van der Waals surface area contributed by atoms with Crippen molar-refractivity contribution >= 4 is 5.78 Å². The van der Waals surface area contributed by atoms with Gasteiger partial charge in [-0.1, -0.05) is 26.3 Å². The molecule has 0 saturated carbocycles. The lowest BCUT2D eigenvalue weighted by Gasteiger charge is -2.37. The van der Waals surface area contributed by atoms with Crippen molar-refractivity contribution in [2.24, 2.45) is 5.92 Å². The lowest BCUT2D eigenvalue weighted by Crippen LogP contribution is -2.40. The quantitative estimate of drug-likeness (QED) is 0.921. The third-order valence-electron chi connectivity index (χ3n) is 4.77. The summed E-state index contributed by atoms with van der Waals surface area (Å²) in [5.41, 5.74) is 1.45. The Kier molecular flexibility index (Phi) is 3.92. The Morgan fingerprint density at radius 3 is 2.70 bits per heavy atom. The summed E-state index contributed by atoms with van der Waals surface area (Å²) in [4.78, 5) is 12.3. The van der Waals surface area contributed by atoms with Gasteiger partial charge in [-0.15, -0.1) is 0 Å². The lowest BCUT2D eigenvalue weighted by atomic mass is 9.69. The van der Waals surface area contributed by atoms with Gasteiger partial charge < -0.3 is 9.84 Å². The second kappa shape index (κ2) is 5.21. The number of aryl methyl sites for hydroxylation is 1. The summed E-state index contributed by atoms with van der Waals surface area (Å²) >= 11 is 0. The molecular formula is C17H24O3. The first-order chi connectivity index (χ1) is 9.32. The number of benzene rings is 1. The van der Waals surface area contributed by atoms with Crippen LogP contribution in [0.4, 0.5) is 0 Å². The monoisotopic (exact) mass is 276 g/mol. The smallest absolute Gasteiger partial charge is 0.169 e. The SMILES string of the molecule is CCC(C)C1CC(=O)C(C)(O)c2cc(OC)c(C)cc21. The summed E-state index contributed by atoms with van der Waals surface area (Å²) in [5, 5.41) is 10.6. The number of aliphatic hydroxyl groups is 1. The van der Waals surface area contributed by atoms with Crippen LogP contribution in [0.5, 0.6) is 5.75 Å². The molecule has 0 saturated heterocycles. The first-order valence-electron chi connectivity index (χ1n) is 7.27. The molecule has 0 heterocycles. The number of hydrogen-bond acceptors (Lipinski definition) is 3. The lowest BCUT2D eigenvalue weighted by molar-refractivity contribution is -0.138. The molecule has 0 fully saturated rings. The molecule has 0 amide bonds. The van der Waals surface area contributed by atoms with E-state index in [1.807, 2.05) is 13.0 Å². The summed E-state index contributed by atoms with van der Waals surface area (Å²) in [6.07, 6.45) is 1.44. The standard InChI is InChI=1S/C17H24O3/c1-6-10(2)12-8-16(18)17(4,19)14-9-15(20-5)11(3)7-13(12)14/h7,9-10,12,19H,6,8H2,1-5H3. The second-order valence-corrected chi connectivity index (χ2v) is 6.10. The van der Waals surface area contributed by atoms with E-state index in [0.717, 1.165) is 23.3 Å². The van der Waals surface area contributed by atoms with Gasteiger partial charge in [0.2, 0.25) is 0 Å². The van der Waals surface area contributed by atoms with Crippen LogP contribution in [0.3, 0.4) is 0 Å². The summed E-state index contributed by atoms with van der Waals surface area (Å²) in [6.45, 7) is 7.90. The van der Waals surface area contributed by atoms with Crippen molar-refractivity contribution in [2.75, 3.05) is 7.11 Å². The summed E-state index contributed by atoms with van der Waals surface area (Å²) < 4.78 is 5.34. The maximum absolute atomic E-state index is 12.3. The number of carbonyl (C=O) groups is 1. The van der Waals surface area contributed by atoms with Gasteiger partial charge in [-0.3, -0.25) is 4.79 Å². The van der Waals surface area contributed by atoms with E-state index < -0.39 is 5.60 Å². The predicted octanol–water partition coefficient (Wildman–Crippen LogP) is 3.31. The van der Waals surface area contributed by atoms with Gasteiger partial charge >= 0.3 is 0 Å². The highest BCUT2D eigenvalue weighted by atomic mass is 16.5. The topological polar surface area (TPSA) is 46.5 Å². The number of Topliss-reactive ketones (excluding diaryl/α,β-unsaturated/α-hetero) is 1. The third-order valence-corrected chi connectivity index (χ3v) is 4.77. The van der Waals surface area contributed by atoms with E-state index in [9.17, 15) is 9.90 Å². The van der Waals surface area contributed by atoms with Crippen molar-refractivity contribution in [3.63, 3.8) is 0 Å². The Bertz CT molecular complexity index is 531. The van der Waals surface area contributed by atoms with E-state index in [2.05, 4.69) is 19.9 Å². The fourth-order valence-corrected chi connectivity index (χ4v) is 3.11. The van der Waals surface area contributed by atoms with Gasteiger partial charge in [0, 0.05) is 6.42 Å². The van der Waals surface area contributed by atoms with Gasteiger partial charge in [-0.25, -0.2) is 0 Å². The van der Waals surface area contributed by atoms with Crippen molar-refractivity contribution in [1.29, 1.82) is 0 Å². The van der Waals surface area contributed by atoms with E-state index in [0.29, 0.717) is 17.9 Å². The van der Waals surface area contributed by atoms with E-state index in [4.69, 9.17) is 4.74 Å². The van der Waals surface area contributed by atoms with Crippen LogP contribution >= 0.6 is 0 Å². The molecule has 110 valence electrons. The van der Waals surface area contributed by atoms with Crippen LogP contribution < -0.4 is 4.74 Å². The number of methoxy groups -OCH3 is 1. The highest BCUT2D eigenvalue weighted by Gasteiger charge is 2.43. The Morgan fingerprint density at radius 2 is 2.15 bits per heavy atom. The summed E-state index contributed by atoms with van der Waals surface area (Å²) in [7, 11) is 1.61. The Balaban J connectivity index is 2.65. The summed E-state index contributed by atoms with van der Waals surface area (Å²) in [5.74, 6) is 1.23. The third kappa shape index (κ3) is 2.24. The first kappa shape index (κ1) is 15.0. The van der Waals surface area contributed by atoms with Crippen LogP contribution in [-0.4, -0.2) is 18.0 Å². The van der Waals surface area contributed by atoms with Gasteiger partial charge in [-0.05, 0) is 48.4 Å². The van der Waals surface area contributed by atoms with Gasteiger partial charge in [-0.2, -0.15) is 0 Å². The van der Waals surface area contributed by atoms with Crippen molar-refractivity contribution in [3.05, 3.63) is 28.8 Å². The molecule has 3 nitrogen and oxygen atoms in total. The number of fused-ring (bicyclic) bond motifs is 1. The number of carbonyl (C=O) groups excluding carboxylic acids is 1. The molecule has 20 heavy (non-hydrogen) atoms. The molecule has 3 atom stereocenters. The van der Waals surface area contributed by atoms with Crippen molar-refractivity contribution in [3.8, 4) is 5.75 Å². The molecule has 1 N–H and O–H groups in total. The predicted molar refractivity (Wildman–Crippen MR) is 79.1 cm³/mol. The first-order valence-corrected chi connectivity index (χ1v) is 7.27. The molecule has 1 aliphatic rings. The average molecular weight is 276 g/mol. The van der Waals surface area contributed by atoms with E-state index in [1.54, 1.807) is 14.0 Å². The summed E-state index contributed by atoms with van der Waals surface area (Å²) in [6, 6.07) is 3.91. The fraction of sp³-hybridized carbons (Fsp3) is 0.588. The molecule has 1 aromatic carbocycles. The van der Waals surface area contributed by atoms with E-state index in [-0.39, 0.29) is 11.7 Å². The fourth-order valence-electron chi connectivity index (χ4n) is 3.11. The minimum Gasteiger partial charge on any atom is -0.496 e. The van der Waals surface area contributed by atoms with Crippen LogP contribution in [-0.2, 0) is 10.4 Å². The Labute approximate surface area is 121 Å². The molecule has 0 spiro atoms. The second-order valence-electron chi connectivity index (χ2n) is 6.10. The zero-order chi connectivity index (χ0) is 15.1. The van der Waals surface area contributed by atoms with Crippen molar-refractivity contribution < 1.29 is 14.6 Å². The number of hydrogen-bond donors (Lipinski definition) is 1. The van der Waals surface area contributed by atoms with E-state index in [1.165, 1.54) is 0 Å². The zero-order valence-electron chi connectivity index (χ0n) is 13.0.